The van der Waals surface area contributed by atoms with Crippen LogP contribution in [0.2, 0.25) is 0 Å². The molecule has 1 rings (SSSR count). The molecule has 0 spiro atoms. The third-order valence-corrected chi connectivity index (χ3v) is 3.64. The Kier molecular flexibility index (Phi) is 3.44. The number of hydrogen-bond acceptors (Lipinski definition) is 3. The molecule has 0 aliphatic carbocycles. The lowest BCUT2D eigenvalue weighted by Gasteiger charge is -2.36. The summed E-state index contributed by atoms with van der Waals surface area (Å²) < 4.78 is 11.3. The maximum absolute atomic E-state index is 11.4. The van der Waals surface area contributed by atoms with Crippen LogP contribution in [0.4, 0.5) is 0 Å². The van der Waals surface area contributed by atoms with Gasteiger partial charge in [-0.05, 0) is 0 Å². The fraction of sp³-hybridized carbons (Fsp3) is 0.875. The van der Waals surface area contributed by atoms with Crippen LogP contribution >= 0.6 is 0 Å². The van der Waals surface area contributed by atoms with E-state index in [4.69, 9.17) is 5.73 Å². The zero-order valence-electron chi connectivity index (χ0n) is 8.03. The van der Waals surface area contributed by atoms with Gasteiger partial charge in [0.2, 0.25) is 5.91 Å². The van der Waals surface area contributed by atoms with E-state index in [1.807, 2.05) is 13.8 Å². The Labute approximate surface area is 80.9 Å². The minimum Gasteiger partial charge on any atom is -0.339 e. The van der Waals surface area contributed by atoms with E-state index in [0.29, 0.717) is 13.1 Å². The largest absolute Gasteiger partial charge is 0.339 e. The summed E-state index contributed by atoms with van der Waals surface area (Å²) in [6.45, 7) is 4.94. The van der Waals surface area contributed by atoms with Crippen LogP contribution in [0.25, 0.3) is 0 Å². The number of carbonyl (C=O) groups excluding carboxylic acids is 1. The average Bonchev–Trinajstić information content (AvgIpc) is 1.98. The van der Waals surface area contributed by atoms with Crippen molar-refractivity contribution in [2.24, 2.45) is 5.73 Å². The van der Waals surface area contributed by atoms with Crippen molar-refractivity contribution in [3.63, 3.8) is 0 Å². The molecule has 1 saturated heterocycles. The summed E-state index contributed by atoms with van der Waals surface area (Å²) in [5.41, 5.74) is 5.53. The summed E-state index contributed by atoms with van der Waals surface area (Å²) in [6.07, 6.45) is 0. The van der Waals surface area contributed by atoms with Gasteiger partial charge in [0.1, 0.15) is 5.75 Å². The van der Waals surface area contributed by atoms with Crippen LogP contribution in [-0.2, 0) is 15.6 Å². The highest BCUT2D eigenvalue weighted by Gasteiger charge is 2.28. The van der Waals surface area contributed by atoms with Gasteiger partial charge in [0.05, 0.1) is 0 Å². The fourth-order valence-corrected chi connectivity index (χ4v) is 1.86. The quantitative estimate of drug-likeness (QED) is 0.662. The van der Waals surface area contributed by atoms with Crippen LogP contribution in [0.3, 0.4) is 0 Å². The van der Waals surface area contributed by atoms with Crippen molar-refractivity contribution in [1.29, 1.82) is 0 Å². The number of likely N-dealkylation sites (tertiary alicyclic amines) is 1. The normalized spacial score (nSPS) is 20.2. The van der Waals surface area contributed by atoms with Crippen molar-refractivity contribution in [2.75, 3.05) is 18.8 Å². The Hall–Kier alpha value is -0.420. The first kappa shape index (κ1) is 10.7. The van der Waals surface area contributed by atoms with Gasteiger partial charge in [0.15, 0.2) is 0 Å². The van der Waals surface area contributed by atoms with Gasteiger partial charge >= 0.3 is 0 Å². The molecule has 1 aliphatic rings. The lowest BCUT2D eigenvalue weighted by Crippen LogP contribution is -2.58. The Morgan fingerprint density at radius 2 is 2.15 bits per heavy atom. The fourth-order valence-electron chi connectivity index (χ4n) is 1.10. The Bertz CT molecular complexity index is 224. The molecule has 4 nitrogen and oxygen atoms in total. The third kappa shape index (κ3) is 2.77. The average molecular weight is 204 g/mol. The molecule has 13 heavy (non-hydrogen) atoms. The molecule has 1 amide bonds. The number of nitrogens with zero attached hydrogens (tertiary/aromatic N) is 1. The highest BCUT2D eigenvalue weighted by molar-refractivity contribution is 7.86. The number of carbonyl (C=O) groups is 1. The predicted molar refractivity (Wildman–Crippen MR) is 52.7 cm³/mol. The first-order chi connectivity index (χ1) is 6.00. The molecule has 2 N–H and O–H groups in total. The van der Waals surface area contributed by atoms with Gasteiger partial charge in [0.25, 0.3) is 0 Å². The van der Waals surface area contributed by atoms with E-state index in [1.165, 1.54) is 0 Å². The van der Waals surface area contributed by atoms with E-state index in [-0.39, 0.29) is 23.0 Å². The van der Waals surface area contributed by atoms with E-state index < -0.39 is 10.8 Å². The van der Waals surface area contributed by atoms with Crippen LogP contribution in [0, 0.1) is 0 Å². The minimum absolute atomic E-state index is 0.0336. The molecule has 0 radical (unpaired) electrons. The van der Waals surface area contributed by atoms with Crippen molar-refractivity contribution in [3.8, 4) is 0 Å². The molecule has 0 bridgehead atoms. The monoisotopic (exact) mass is 204 g/mol. The van der Waals surface area contributed by atoms with E-state index in [0.717, 1.165) is 0 Å². The van der Waals surface area contributed by atoms with Gasteiger partial charge in [-0.2, -0.15) is 0 Å². The first-order valence-electron chi connectivity index (χ1n) is 4.41. The lowest BCUT2D eigenvalue weighted by atomic mass is 10.1. The molecule has 1 heterocycles. The molecule has 0 aromatic rings. The summed E-state index contributed by atoms with van der Waals surface area (Å²) >= 11 is 0. The van der Waals surface area contributed by atoms with Crippen LogP contribution in [-0.4, -0.2) is 45.2 Å². The van der Waals surface area contributed by atoms with Crippen molar-refractivity contribution in [1.82, 2.24) is 4.90 Å². The molecule has 0 aromatic carbocycles. The summed E-state index contributed by atoms with van der Waals surface area (Å²) in [5.74, 6) is 0.110. The molecular formula is C8H16N2O2S. The molecule has 0 saturated carbocycles. The van der Waals surface area contributed by atoms with E-state index >= 15 is 0 Å². The summed E-state index contributed by atoms with van der Waals surface area (Å²) in [4.78, 5) is 13.0. The molecule has 1 aliphatic heterocycles. The highest BCUT2D eigenvalue weighted by Crippen LogP contribution is 2.06. The predicted octanol–water partition coefficient (Wildman–Crippen LogP) is -0.687. The molecule has 1 fully saturated rings. The van der Waals surface area contributed by atoms with Crippen molar-refractivity contribution < 1.29 is 9.00 Å². The van der Waals surface area contributed by atoms with Crippen LogP contribution in [0.1, 0.15) is 13.8 Å². The molecule has 76 valence electrons. The standard InChI is InChI=1S/C8H16N2O2S/c1-6(2)13(12)5-8(11)10-3-7(9)4-10/h6-7H,3-5,9H2,1-2H3. The number of rotatable bonds is 3. The maximum Gasteiger partial charge on any atom is 0.235 e. The number of amides is 1. The van der Waals surface area contributed by atoms with Gasteiger partial charge < -0.3 is 10.6 Å². The van der Waals surface area contributed by atoms with E-state index in [9.17, 15) is 9.00 Å². The van der Waals surface area contributed by atoms with Crippen LogP contribution in [0.5, 0.6) is 0 Å². The zero-order chi connectivity index (χ0) is 10.0. The van der Waals surface area contributed by atoms with Gasteiger partial charge in [-0.15, -0.1) is 0 Å². The maximum atomic E-state index is 11.4. The highest BCUT2D eigenvalue weighted by atomic mass is 32.2. The number of nitrogens with two attached hydrogens (primary N) is 1. The van der Waals surface area contributed by atoms with Gasteiger partial charge in [-0.1, -0.05) is 13.8 Å². The Balaban J connectivity index is 2.30. The van der Waals surface area contributed by atoms with Crippen molar-refractivity contribution in [2.45, 2.75) is 25.1 Å². The van der Waals surface area contributed by atoms with Crippen molar-refractivity contribution >= 4 is 16.7 Å². The molecule has 0 aromatic heterocycles. The van der Waals surface area contributed by atoms with E-state index in [2.05, 4.69) is 0 Å². The Morgan fingerprint density at radius 1 is 1.62 bits per heavy atom. The SMILES string of the molecule is CC(C)S(=O)CC(=O)N1CC(N)C1. The van der Waals surface area contributed by atoms with Gasteiger partial charge in [-0.25, -0.2) is 0 Å². The van der Waals surface area contributed by atoms with Crippen molar-refractivity contribution in [3.05, 3.63) is 0 Å². The second-order valence-electron chi connectivity index (χ2n) is 3.63. The zero-order valence-corrected chi connectivity index (χ0v) is 8.84. The summed E-state index contributed by atoms with van der Waals surface area (Å²) in [7, 11) is -1.03. The third-order valence-electron chi connectivity index (χ3n) is 2.05. The lowest BCUT2D eigenvalue weighted by molar-refractivity contribution is -0.132. The first-order valence-corrected chi connectivity index (χ1v) is 5.79. The smallest absolute Gasteiger partial charge is 0.235 e. The second kappa shape index (κ2) is 4.19. The Morgan fingerprint density at radius 3 is 2.54 bits per heavy atom. The molecular weight excluding hydrogens is 188 g/mol. The topological polar surface area (TPSA) is 63.4 Å². The van der Waals surface area contributed by atoms with E-state index in [1.54, 1.807) is 4.90 Å². The number of hydrogen-bond donors (Lipinski definition) is 1. The van der Waals surface area contributed by atoms with Gasteiger partial charge in [-0.3, -0.25) is 9.00 Å². The molecule has 1 atom stereocenters. The van der Waals surface area contributed by atoms with Crippen LogP contribution in [0.15, 0.2) is 0 Å². The molecule has 1 unspecified atom stereocenters. The minimum atomic E-state index is -1.03. The summed E-state index contributed by atoms with van der Waals surface area (Å²) in [6, 6.07) is 0.122. The van der Waals surface area contributed by atoms with Gasteiger partial charge in [0, 0.05) is 35.2 Å². The summed E-state index contributed by atoms with van der Waals surface area (Å²) in [5, 5.41) is 0.0545. The second-order valence-corrected chi connectivity index (χ2v) is 5.63. The molecule has 5 heteroatoms. The van der Waals surface area contributed by atoms with Crippen LogP contribution < -0.4 is 5.73 Å².